The molecule has 3 rings (SSSR count). The maximum Gasteiger partial charge on any atom is 0.233 e. The lowest BCUT2D eigenvalue weighted by Crippen LogP contribution is -2.27. The highest BCUT2D eigenvalue weighted by Crippen LogP contribution is 2.29. The first-order valence-corrected chi connectivity index (χ1v) is 9.46. The number of nitrogens with zero attached hydrogens (tertiary/aromatic N) is 1. The lowest BCUT2D eigenvalue weighted by Gasteiger charge is -2.15. The number of benzene rings is 1. The van der Waals surface area contributed by atoms with Crippen LogP contribution in [0.2, 0.25) is 0 Å². The van der Waals surface area contributed by atoms with Crippen LogP contribution in [0.5, 0.6) is 0 Å². The van der Waals surface area contributed by atoms with Crippen LogP contribution in [-0.4, -0.2) is 17.4 Å². The minimum absolute atomic E-state index is 0.0664. The fourth-order valence-electron chi connectivity index (χ4n) is 2.85. The Bertz CT molecular complexity index is 809. The Morgan fingerprint density at radius 3 is 2.76 bits per heavy atom. The summed E-state index contributed by atoms with van der Waals surface area (Å²) in [5, 5.41) is 4.91. The van der Waals surface area contributed by atoms with Crippen molar-refractivity contribution < 1.29 is 4.79 Å². The second kappa shape index (κ2) is 8.23. The summed E-state index contributed by atoms with van der Waals surface area (Å²) in [6, 6.07) is 12.2. The van der Waals surface area contributed by atoms with Crippen molar-refractivity contribution in [3.63, 3.8) is 0 Å². The highest BCUT2D eigenvalue weighted by molar-refractivity contribution is 7.22. The van der Waals surface area contributed by atoms with E-state index in [9.17, 15) is 4.79 Å². The van der Waals surface area contributed by atoms with E-state index in [0.29, 0.717) is 0 Å². The van der Waals surface area contributed by atoms with E-state index in [1.807, 2.05) is 30.5 Å². The first-order valence-electron chi connectivity index (χ1n) is 8.64. The summed E-state index contributed by atoms with van der Waals surface area (Å²) in [5.74, 6) is -0.410. The van der Waals surface area contributed by atoms with Gasteiger partial charge in [-0.15, -0.1) is 11.3 Å². The number of aromatic nitrogens is 1. The van der Waals surface area contributed by atoms with Gasteiger partial charge in [0, 0.05) is 18.9 Å². The minimum atomic E-state index is -0.344. The normalized spacial score (nSPS) is 12.2. The minimum Gasteiger partial charge on any atom is -0.329 e. The maximum atomic E-state index is 12.7. The van der Waals surface area contributed by atoms with Gasteiger partial charge >= 0.3 is 0 Å². The molecule has 4 nitrogen and oxygen atoms in total. The van der Waals surface area contributed by atoms with E-state index >= 15 is 0 Å². The first-order chi connectivity index (χ1) is 12.2. The number of pyridine rings is 1. The number of thiophene rings is 1. The third kappa shape index (κ3) is 4.24. The van der Waals surface area contributed by atoms with E-state index in [1.165, 1.54) is 29.7 Å². The standard InChI is InChI=1S/C20H23N3OS/c1-2-3-4-14-5-7-15(8-6-14)17(12-21)20(24)23-19-11-16-9-10-22-13-18(16)25-19/h5-11,13,17H,2-4,12,21H2,1H3,(H,23,24). The average Bonchev–Trinajstić information content (AvgIpc) is 3.03. The van der Waals surface area contributed by atoms with E-state index in [2.05, 4.69) is 29.4 Å². The van der Waals surface area contributed by atoms with Crippen LogP contribution in [0.3, 0.4) is 0 Å². The van der Waals surface area contributed by atoms with Crippen LogP contribution >= 0.6 is 11.3 Å². The molecule has 0 aliphatic rings. The van der Waals surface area contributed by atoms with Crippen molar-refractivity contribution in [2.24, 2.45) is 5.73 Å². The molecular weight excluding hydrogens is 330 g/mol. The van der Waals surface area contributed by atoms with Crippen LogP contribution in [0, 0.1) is 0 Å². The summed E-state index contributed by atoms with van der Waals surface area (Å²) in [6.07, 6.45) is 7.00. The van der Waals surface area contributed by atoms with E-state index in [4.69, 9.17) is 5.73 Å². The smallest absolute Gasteiger partial charge is 0.233 e. The van der Waals surface area contributed by atoms with Crippen molar-refractivity contribution in [2.45, 2.75) is 32.1 Å². The topological polar surface area (TPSA) is 68.0 Å². The summed E-state index contributed by atoms with van der Waals surface area (Å²) < 4.78 is 1.06. The van der Waals surface area contributed by atoms with Gasteiger partial charge in [0.15, 0.2) is 0 Å². The Kier molecular flexibility index (Phi) is 5.79. The number of amides is 1. The van der Waals surface area contributed by atoms with Gasteiger partial charge in [0.05, 0.1) is 15.6 Å². The molecule has 0 saturated heterocycles. The van der Waals surface area contributed by atoms with E-state index in [0.717, 1.165) is 27.1 Å². The number of anilines is 1. The van der Waals surface area contributed by atoms with Crippen LogP contribution < -0.4 is 11.1 Å². The Labute approximate surface area is 152 Å². The largest absolute Gasteiger partial charge is 0.329 e. The molecule has 5 heteroatoms. The summed E-state index contributed by atoms with van der Waals surface area (Å²) in [4.78, 5) is 16.8. The van der Waals surface area contributed by atoms with Crippen molar-refractivity contribution in [3.8, 4) is 0 Å². The Morgan fingerprint density at radius 2 is 2.08 bits per heavy atom. The van der Waals surface area contributed by atoms with Crippen LogP contribution in [0.15, 0.2) is 48.8 Å². The number of rotatable bonds is 7. The van der Waals surface area contributed by atoms with Gasteiger partial charge in [-0.3, -0.25) is 9.78 Å². The van der Waals surface area contributed by atoms with Gasteiger partial charge in [-0.1, -0.05) is 37.6 Å². The van der Waals surface area contributed by atoms with Crippen molar-refractivity contribution in [1.29, 1.82) is 0 Å². The molecule has 3 aromatic rings. The third-order valence-corrected chi connectivity index (χ3v) is 5.32. The lowest BCUT2D eigenvalue weighted by molar-refractivity contribution is -0.117. The highest BCUT2D eigenvalue weighted by Gasteiger charge is 2.20. The van der Waals surface area contributed by atoms with Gasteiger partial charge in [-0.05, 0) is 41.5 Å². The number of carbonyl (C=O) groups excluding carboxylic acids is 1. The van der Waals surface area contributed by atoms with Gasteiger partial charge < -0.3 is 11.1 Å². The Hall–Kier alpha value is -2.24. The summed E-state index contributed by atoms with van der Waals surface area (Å²) in [6.45, 7) is 2.47. The molecule has 1 atom stereocenters. The molecule has 0 aliphatic heterocycles. The highest BCUT2D eigenvalue weighted by atomic mass is 32.1. The molecule has 0 fully saturated rings. The summed E-state index contributed by atoms with van der Waals surface area (Å²) >= 11 is 1.52. The van der Waals surface area contributed by atoms with E-state index in [1.54, 1.807) is 6.20 Å². The molecule has 0 bridgehead atoms. The van der Waals surface area contributed by atoms with Crippen molar-refractivity contribution >= 4 is 32.3 Å². The molecule has 2 heterocycles. The van der Waals surface area contributed by atoms with E-state index in [-0.39, 0.29) is 18.4 Å². The fraction of sp³-hybridized carbons (Fsp3) is 0.300. The number of unbranched alkanes of at least 4 members (excludes halogenated alkanes) is 1. The summed E-state index contributed by atoms with van der Waals surface area (Å²) in [7, 11) is 0. The molecular formula is C20H23N3OS. The Balaban J connectivity index is 1.72. The predicted molar refractivity (Wildman–Crippen MR) is 105 cm³/mol. The summed E-state index contributed by atoms with van der Waals surface area (Å²) in [5.41, 5.74) is 8.15. The molecule has 1 amide bonds. The molecule has 0 spiro atoms. The molecule has 0 saturated carbocycles. The molecule has 130 valence electrons. The van der Waals surface area contributed by atoms with Crippen molar-refractivity contribution in [1.82, 2.24) is 4.98 Å². The van der Waals surface area contributed by atoms with Crippen LogP contribution in [0.25, 0.3) is 10.1 Å². The van der Waals surface area contributed by atoms with Crippen LogP contribution in [-0.2, 0) is 11.2 Å². The molecule has 1 unspecified atom stereocenters. The van der Waals surface area contributed by atoms with Crippen LogP contribution in [0.4, 0.5) is 5.00 Å². The molecule has 2 aromatic heterocycles. The third-order valence-electron chi connectivity index (χ3n) is 4.32. The van der Waals surface area contributed by atoms with Crippen molar-refractivity contribution in [3.05, 3.63) is 59.9 Å². The molecule has 1 aromatic carbocycles. The quantitative estimate of drug-likeness (QED) is 0.665. The SMILES string of the molecule is CCCCc1ccc(C(CN)C(=O)Nc2cc3ccncc3s2)cc1. The van der Waals surface area contributed by atoms with Crippen LogP contribution in [0.1, 0.15) is 36.8 Å². The zero-order valence-corrected chi connectivity index (χ0v) is 15.2. The number of hydrogen-bond acceptors (Lipinski definition) is 4. The number of nitrogens with one attached hydrogen (secondary N) is 1. The van der Waals surface area contributed by atoms with E-state index < -0.39 is 0 Å². The van der Waals surface area contributed by atoms with Gasteiger partial charge in [0.1, 0.15) is 0 Å². The second-order valence-corrected chi connectivity index (χ2v) is 7.23. The number of nitrogens with two attached hydrogens (primary N) is 1. The van der Waals surface area contributed by atoms with Gasteiger partial charge in [0.25, 0.3) is 0 Å². The molecule has 0 aliphatic carbocycles. The zero-order valence-electron chi connectivity index (χ0n) is 14.4. The van der Waals surface area contributed by atoms with Crippen molar-refractivity contribution in [2.75, 3.05) is 11.9 Å². The number of fused-ring (bicyclic) bond motifs is 1. The predicted octanol–water partition coefficient (Wildman–Crippen LogP) is 4.32. The monoisotopic (exact) mass is 353 g/mol. The number of hydrogen-bond donors (Lipinski definition) is 2. The number of carbonyl (C=O) groups is 1. The molecule has 0 radical (unpaired) electrons. The fourth-order valence-corrected chi connectivity index (χ4v) is 3.78. The number of aryl methyl sites for hydroxylation is 1. The van der Waals surface area contributed by atoms with Gasteiger partial charge in [0.2, 0.25) is 5.91 Å². The lowest BCUT2D eigenvalue weighted by atomic mass is 9.96. The molecule has 3 N–H and O–H groups in total. The van der Waals surface area contributed by atoms with Gasteiger partial charge in [-0.25, -0.2) is 0 Å². The zero-order chi connectivity index (χ0) is 17.6. The second-order valence-electron chi connectivity index (χ2n) is 6.15. The Morgan fingerprint density at radius 1 is 1.28 bits per heavy atom. The first kappa shape index (κ1) is 17.6. The average molecular weight is 353 g/mol. The molecule has 25 heavy (non-hydrogen) atoms. The maximum absolute atomic E-state index is 12.7. The van der Waals surface area contributed by atoms with Gasteiger partial charge in [-0.2, -0.15) is 0 Å².